The summed E-state index contributed by atoms with van der Waals surface area (Å²) in [6.07, 6.45) is 0.313. The number of carbonyl (C=O) groups is 3. The maximum absolute atomic E-state index is 12.5. The molecule has 2 unspecified atom stereocenters. The molecule has 2 atom stereocenters. The Morgan fingerprint density at radius 2 is 1.88 bits per heavy atom. The minimum absolute atomic E-state index is 0.123. The predicted molar refractivity (Wildman–Crippen MR) is 94.5 cm³/mol. The Morgan fingerprint density at radius 3 is 2.38 bits per heavy atom. The summed E-state index contributed by atoms with van der Waals surface area (Å²) in [5.41, 5.74) is 1.03. The van der Waals surface area contributed by atoms with E-state index in [4.69, 9.17) is 4.74 Å². The third-order valence-corrected chi connectivity index (χ3v) is 3.47. The van der Waals surface area contributed by atoms with E-state index in [1.54, 1.807) is 31.2 Å². The monoisotopic (exact) mass is 363 g/mol. The van der Waals surface area contributed by atoms with Crippen molar-refractivity contribution in [2.75, 3.05) is 19.0 Å². The largest absolute Gasteiger partial charge is 0.467 e. The molecule has 0 bridgehead atoms. The molecule has 9 heteroatoms. The summed E-state index contributed by atoms with van der Waals surface area (Å²) in [7, 11) is 1.14. The lowest BCUT2D eigenvalue weighted by Gasteiger charge is -2.24. The van der Waals surface area contributed by atoms with Crippen molar-refractivity contribution in [3.05, 3.63) is 47.4 Å². The van der Waals surface area contributed by atoms with E-state index in [1.807, 2.05) is 0 Å². The Labute approximate surface area is 150 Å². The highest BCUT2D eigenvalue weighted by Gasteiger charge is 2.33. The maximum Gasteiger partial charge on any atom is 0.419 e. The Hall–Kier alpha value is -3.23. The number of hydrogen-bond donors (Lipinski definition) is 1. The van der Waals surface area contributed by atoms with Crippen molar-refractivity contribution >= 4 is 23.8 Å². The van der Waals surface area contributed by atoms with Gasteiger partial charge < -0.3 is 14.8 Å². The van der Waals surface area contributed by atoms with Gasteiger partial charge in [0.15, 0.2) is 0 Å². The molecule has 9 nitrogen and oxygen atoms in total. The molecule has 3 amide bonds. The van der Waals surface area contributed by atoms with E-state index in [1.165, 1.54) is 13.0 Å². The molecule has 1 rings (SSSR count). The minimum atomic E-state index is -1.20. The normalized spacial score (nSPS) is 12.3. The first-order valence-electron chi connectivity index (χ1n) is 7.73. The SMILES string of the molecule is C=CCOC(=O)N(C(=O)Nc1ccc(C(C)N=O)cc1)C(C)C(=O)OC. The zero-order chi connectivity index (χ0) is 19.7. The molecule has 0 heterocycles. The number of nitrogens with one attached hydrogen (secondary N) is 1. The van der Waals surface area contributed by atoms with Gasteiger partial charge in [0.1, 0.15) is 18.7 Å². The van der Waals surface area contributed by atoms with Gasteiger partial charge in [0.05, 0.1) is 7.11 Å². The van der Waals surface area contributed by atoms with E-state index in [9.17, 15) is 19.3 Å². The molecule has 1 N–H and O–H groups in total. The van der Waals surface area contributed by atoms with E-state index in [0.29, 0.717) is 16.2 Å². The summed E-state index contributed by atoms with van der Waals surface area (Å²) in [6.45, 7) is 6.26. The Bertz CT molecular complexity index is 674. The average molecular weight is 363 g/mol. The molecule has 0 aromatic heterocycles. The Balaban J connectivity index is 2.96. The highest BCUT2D eigenvalue weighted by molar-refractivity contribution is 6.02. The number of rotatable bonds is 7. The lowest BCUT2D eigenvalue weighted by molar-refractivity contribution is -0.144. The van der Waals surface area contributed by atoms with Gasteiger partial charge in [-0.2, -0.15) is 4.91 Å². The van der Waals surface area contributed by atoms with Gasteiger partial charge in [-0.1, -0.05) is 30.0 Å². The van der Waals surface area contributed by atoms with Crippen molar-refractivity contribution in [1.29, 1.82) is 0 Å². The van der Waals surface area contributed by atoms with Crippen LogP contribution in [-0.2, 0) is 14.3 Å². The first kappa shape index (κ1) is 20.8. The predicted octanol–water partition coefficient (Wildman–Crippen LogP) is 3.23. The van der Waals surface area contributed by atoms with Crippen LogP contribution in [0.15, 0.2) is 42.1 Å². The topological polar surface area (TPSA) is 114 Å². The van der Waals surface area contributed by atoms with Gasteiger partial charge >= 0.3 is 18.1 Å². The van der Waals surface area contributed by atoms with E-state index in [0.717, 1.165) is 7.11 Å². The number of amides is 3. The lowest BCUT2D eigenvalue weighted by Crippen LogP contribution is -2.49. The van der Waals surface area contributed by atoms with Crippen LogP contribution in [0.3, 0.4) is 0 Å². The number of methoxy groups -OCH3 is 1. The second kappa shape index (κ2) is 9.92. The fraction of sp³-hybridized carbons (Fsp3) is 0.353. The molecule has 0 saturated carbocycles. The van der Waals surface area contributed by atoms with Crippen LogP contribution in [0, 0.1) is 4.91 Å². The second-order valence-electron chi connectivity index (χ2n) is 5.27. The van der Waals surface area contributed by atoms with Gasteiger partial charge in [0.2, 0.25) is 0 Å². The van der Waals surface area contributed by atoms with Gasteiger partial charge in [0, 0.05) is 5.69 Å². The molecule has 0 aliphatic rings. The third-order valence-electron chi connectivity index (χ3n) is 3.47. The number of esters is 1. The highest BCUT2D eigenvalue weighted by atomic mass is 16.6. The number of carbonyl (C=O) groups excluding carboxylic acids is 3. The molecule has 0 aliphatic carbocycles. The molecule has 0 spiro atoms. The molecule has 0 saturated heterocycles. The zero-order valence-corrected chi connectivity index (χ0v) is 14.8. The highest BCUT2D eigenvalue weighted by Crippen LogP contribution is 2.19. The number of anilines is 1. The molecule has 26 heavy (non-hydrogen) atoms. The van der Waals surface area contributed by atoms with Gasteiger partial charge in [0.25, 0.3) is 0 Å². The number of ether oxygens (including phenoxy) is 2. The number of urea groups is 1. The van der Waals surface area contributed by atoms with E-state index in [2.05, 4.69) is 21.8 Å². The van der Waals surface area contributed by atoms with Crippen LogP contribution in [0.2, 0.25) is 0 Å². The Kier molecular flexibility index (Phi) is 7.94. The Morgan fingerprint density at radius 1 is 1.27 bits per heavy atom. The van der Waals surface area contributed by atoms with Crippen LogP contribution in [-0.4, -0.2) is 42.8 Å². The fourth-order valence-electron chi connectivity index (χ4n) is 1.98. The fourth-order valence-corrected chi connectivity index (χ4v) is 1.98. The molecule has 140 valence electrons. The summed E-state index contributed by atoms with van der Waals surface area (Å²) < 4.78 is 9.42. The quantitative estimate of drug-likeness (QED) is 0.452. The zero-order valence-electron chi connectivity index (χ0n) is 14.8. The van der Waals surface area contributed by atoms with Crippen molar-refractivity contribution in [3.8, 4) is 0 Å². The minimum Gasteiger partial charge on any atom is -0.467 e. The smallest absolute Gasteiger partial charge is 0.419 e. The van der Waals surface area contributed by atoms with Crippen LogP contribution in [0.25, 0.3) is 0 Å². The van der Waals surface area contributed by atoms with Gasteiger partial charge in [-0.25, -0.2) is 19.3 Å². The van der Waals surface area contributed by atoms with Crippen LogP contribution in [0.1, 0.15) is 25.5 Å². The summed E-state index contributed by atoms with van der Waals surface area (Å²) in [5.74, 6) is -0.781. The number of hydrogen-bond acceptors (Lipinski definition) is 7. The number of nitroso groups, excluding NO2 is 1. The van der Waals surface area contributed by atoms with Crippen molar-refractivity contribution in [1.82, 2.24) is 4.90 Å². The van der Waals surface area contributed by atoms with E-state index in [-0.39, 0.29) is 6.61 Å². The van der Waals surface area contributed by atoms with Gasteiger partial charge in [-0.15, -0.1) is 0 Å². The average Bonchev–Trinajstić information content (AvgIpc) is 2.65. The molecular formula is C17H21N3O6. The molecule has 1 aromatic rings. The van der Waals surface area contributed by atoms with Crippen molar-refractivity contribution in [2.24, 2.45) is 5.18 Å². The molecular weight excluding hydrogens is 342 g/mol. The van der Waals surface area contributed by atoms with Crippen molar-refractivity contribution < 1.29 is 23.9 Å². The number of imide groups is 1. The third kappa shape index (κ3) is 5.40. The number of benzene rings is 1. The first-order chi connectivity index (χ1) is 12.3. The van der Waals surface area contributed by atoms with Crippen molar-refractivity contribution in [2.45, 2.75) is 25.9 Å². The van der Waals surface area contributed by atoms with Gasteiger partial charge in [-0.05, 0) is 31.5 Å². The lowest BCUT2D eigenvalue weighted by atomic mass is 10.1. The van der Waals surface area contributed by atoms with E-state index >= 15 is 0 Å². The van der Waals surface area contributed by atoms with Crippen LogP contribution < -0.4 is 5.32 Å². The summed E-state index contributed by atoms with van der Waals surface area (Å²) in [4.78, 5) is 47.5. The summed E-state index contributed by atoms with van der Waals surface area (Å²) in [6, 6.07) is 3.74. The maximum atomic E-state index is 12.5. The summed E-state index contributed by atoms with van der Waals surface area (Å²) >= 11 is 0. The van der Waals surface area contributed by atoms with Crippen LogP contribution >= 0.6 is 0 Å². The standard InChI is InChI=1S/C17H21N3O6/c1-5-10-26-17(23)20(12(3)15(21)25-4)16(22)18-14-8-6-13(7-9-14)11(2)19-24/h5-9,11-12H,1,10H2,2-4H3,(H,18,22). The molecule has 0 aliphatic heterocycles. The second-order valence-corrected chi connectivity index (χ2v) is 5.27. The molecule has 0 fully saturated rings. The van der Waals surface area contributed by atoms with Gasteiger partial charge in [-0.3, -0.25) is 0 Å². The van der Waals surface area contributed by atoms with Crippen LogP contribution in [0.5, 0.6) is 0 Å². The first-order valence-corrected chi connectivity index (χ1v) is 7.73. The summed E-state index contributed by atoms with van der Waals surface area (Å²) in [5, 5.41) is 5.40. The van der Waals surface area contributed by atoms with E-state index < -0.39 is 30.2 Å². The van der Waals surface area contributed by atoms with Crippen molar-refractivity contribution in [3.63, 3.8) is 0 Å². The molecule has 0 radical (unpaired) electrons. The molecule has 1 aromatic carbocycles. The number of nitrogens with zero attached hydrogens (tertiary/aromatic N) is 2. The van der Waals surface area contributed by atoms with Crippen LogP contribution in [0.4, 0.5) is 15.3 Å².